The Hall–Kier alpha value is -1.83. The van der Waals surface area contributed by atoms with Crippen molar-refractivity contribution in [1.82, 2.24) is 9.78 Å². The van der Waals surface area contributed by atoms with E-state index in [0.29, 0.717) is 21.8 Å². The molecule has 0 saturated heterocycles. The zero-order valence-corrected chi connectivity index (χ0v) is 11.5. The predicted octanol–water partition coefficient (Wildman–Crippen LogP) is 3.07. The lowest BCUT2D eigenvalue weighted by atomic mass is 10.0. The Balaban J connectivity index is 2.41. The molecule has 1 N–H and O–H groups in total. The maximum atomic E-state index is 10.4. The Labute approximate surface area is 116 Å². The van der Waals surface area contributed by atoms with E-state index in [2.05, 4.69) is 5.10 Å². The van der Waals surface area contributed by atoms with Crippen molar-refractivity contribution in [3.63, 3.8) is 0 Å². The Morgan fingerprint density at radius 2 is 1.95 bits per heavy atom. The smallest absolute Gasteiger partial charge is 0.122 e. The zero-order chi connectivity index (χ0) is 14.0. The molecule has 19 heavy (non-hydrogen) atoms. The summed E-state index contributed by atoms with van der Waals surface area (Å²) in [6, 6.07) is 8.93. The highest BCUT2D eigenvalue weighted by Gasteiger charge is 2.21. The first-order chi connectivity index (χ1) is 9.04. The first-order valence-corrected chi connectivity index (χ1v) is 6.33. The number of rotatable bonds is 3. The molecule has 0 saturated carbocycles. The van der Waals surface area contributed by atoms with Crippen molar-refractivity contribution < 1.29 is 5.11 Å². The molecule has 0 aliphatic carbocycles. The van der Waals surface area contributed by atoms with Crippen LogP contribution in [-0.4, -0.2) is 14.9 Å². The number of aliphatic hydroxyl groups excluding tert-OH is 1. The van der Waals surface area contributed by atoms with Gasteiger partial charge in [0.1, 0.15) is 6.10 Å². The third-order valence-corrected chi connectivity index (χ3v) is 3.18. The molecule has 1 atom stereocenters. The molecule has 5 heteroatoms. The molecule has 0 amide bonds. The maximum absolute atomic E-state index is 10.4. The SMILES string of the molecule is CC(C)n1ncc(Cl)c1C(O)c1ccc(C#N)cc1. The molecule has 4 nitrogen and oxygen atoms in total. The summed E-state index contributed by atoms with van der Waals surface area (Å²) in [4.78, 5) is 0. The fourth-order valence-corrected chi connectivity index (χ4v) is 2.15. The van der Waals surface area contributed by atoms with Gasteiger partial charge < -0.3 is 5.11 Å². The Bertz CT molecular complexity index is 611. The fourth-order valence-electron chi connectivity index (χ4n) is 1.92. The van der Waals surface area contributed by atoms with E-state index in [0.717, 1.165) is 0 Å². The van der Waals surface area contributed by atoms with Gasteiger partial charge in [0.2, 0.25) is 0 Å². The summed E-state index contributed by atoms with van der Waals surface area (Å²) in [7, 11) is 0. The van der Waals surface area contributed by atoms with Gasteiger partial charge in [0.05, 0.1) is 28.5 Å². The molecule has 98 valence electrons. The third-order valence-electron chi connectivity index (χ3n) is 2.89. The number of halogens is 1. The van der Waals surface area contributed by atoms with Gasteiger partial charge in [0, 0.05) is 6.04 Å². The summed E-state index contributed by atoms with van der Waals surface area (Å²) < 4.78 is 1.70. The highest BCUT2D eigenvalue weighted by molar-refractivity contribution is 6.31. The molecule has 1 aromatic carbocycles. The molecule has 2 rings (SSSR count). The van der Waals surface area contributed by atoms with E-state index >= 15 is 0 Å². The topological polar surface area (TPSA) is 61.8 Å². The van der Waals surface area contributed by atoms with Gasteiger partial charge in [-0.15, -0.1) is 0 Å². The van der Waals surface area contributed by atoms with Crippen LogP contribution in [0.15, 0.2) is 30.5 Å². The van der Waals surface area contributed by atoms with Gasteiger partial charge in [-0.25, -0.2) is 0 Å². The quantitative estimate of drug-likeness (QED) is 0.936. The largest absolute Gasteiger partial charge is 0.382 e. The average molecular weight is 276 g/mol. The molecular formula is C14H14ClN3O. The van der Waals surface area contributed by atoms with Gasteiger partial charge >= 0.3 is 0 Å². The van der Waals surface area contributed by atoms with Crippen LogP contribution in [0, 0.1) is 11.3 Å². The number of nitrogens with zero attached hydrogens (tertiary/aromatic N) is 3. The molecule has 0 bridgehead atoms. The van der Waals surface area contributed by atoms with Crippen LogP contribution in [0.3, 0.4) is 0 Å². The highest BCUT2D eigenvalue weighted by atomic mass is 35.5. The fraction of sp³-hybridized carbons (Fsp3) is 0.286. The number of hydrogen-bond acceptors (Lipinski definition) is 3. The lowest BCUT2D eigenvalue weighted by molar-refractivity contribution is 0.205. The van der Waals surface area contributed by atoms with E-state index in [4.69, 9.17) is 16.9 Å². The molecule has 2 aromatic rings. The number of aliphatic hydroxyl groups is 1. The zero-order valence-electron chi connectivity index (χ0n) is 10.7. The van der Waals surface area contributed by atoms with E-state index in [1.54, 1.807) is 28.9 Å². The maximum Gasteiger partial charge on any atom is 0.122 e. The molecule has 0 fully saturated rings. The van der Waals surface area contributed by atoms with Crippen molar-refractivity contribution in [2.75, 3.05) is 0 Å². The molecular weight excluding hydrogens is 262 g/mol. The van der Waals surface area contributed by atoms with Gasteiger partial charge in [-0.1, -0.05) is 23.7 Å². The van der Waals surface area contributed by atoms with Crippen molar-refractivity contribution in [2.45, 2.75) is 26.0 Å². The standard InChI is InChI=1S/C14H14ClN3O/c1-9(2)18-13(12(15)8-17-18)14(19)11-5-3-10(7-16)4-6-11/h3-6,8-9,14,19H,1-2H3. The molecule has 1 unspecified atom stereocenters. The van der Waals surface area contributed by atoms with Gasteiger partial charge in [0.25, 0.3) is 0 Å². The second-order valence-corrected chi connectivity index (χ2v) is 4.96. The van der Waals surface area contributed by atoms with Crippen LogP contribution in [0.25, 0.3) is 0 Å². The van der Waals surface area contributed by atoms with Crippen molar-refractivity contribution >= 4 is 11.6 Å². The van der Waals surface area contributed by atoms with Gasteiger partial charge in [-0.2, -0.15) is 10.4 Å². The van der Waals surface area contributed by atoms with Crippen molar-refractivity contribution in [1.29, 1.82) is 5.26 Å². The molecule has 1 heterocycles. The second-order valence-electron chi connectivity index (χ2n) is 4.55. The molecule has 0 radical (unpaired) electrons. The van der Waals surface area contributed by atoms with Crippen molar-refractivity contribution in [3.05, 3.63) is 52.3 Å². The second kappa shape index (κ2) is 5.43. The van der Waals surface area contributed by atoms with Crippen LogP contribution in [-0.2, 0) is 0 Å². The van der Waals surface area contributed by atoms with Crippen molar-refractivity contribution in [3.8, 4) is 6.07 Å². The Morgan fingerprint density at radius 1 is 1.32 bits per heavy atom. The summed E-state index contributed by atoms with van der Waals surface area (Å²) in [5.74, 6) is 0. The minimum atomic E-state index is -0.856. The van der Waals surface area contributed by atoms with Crippen molar-refractivity contribution in [2.24, 2.45) is 0 Å². The van der Waals surface area contributed by atoms with Crippen LogP contribution in [0.1, 0.15) is 42.8 Å². The van der Waals surface area contributed by atoms with E-state index in [1.165, 1.54) is 6.20 Å². The molecule has 0 aliphatic heterocycles. The van der Waals surface area contributed by atoms with Crippen LogP contribution in [0.5, 0.6) is 0 Å². The van der Waals surface area contributed by atoms with Crippen LogP contribution < -0.4 is 0 Å². The molecule has 0 aliphatic rings. The monoisotopic (exact) mass is 275 g/mol. The normalized spacial score (nSPS) is 12.4. The summed E-state index contributed by atoms with van der Waals surface area (Å²) in [6.45, 7) is 3.94. The number of aromatic nitrogens is 2. The summed E-state index contributed by atoms with van der Waals surface area (Å²) in [5.41, 5.74) is 1.81. The molecule has 0 spiro atoms. The Morgan fingerprint density at radius 3 is 2.47 bits per heavy atom. The Kier molecular flexibility index (Phi) is 3.89. The summed E-state index contributed by atoms with van der Waals surface area (Å²) >= 11 is 6.10. The van der Waals surface area contributed by atoms with E-state index < -0.39 is 6.10 Å². The van der Waals surface area contributed by atoms with E-state index in [-0.39, 0.29) is 6.04 Å². The van der Waals surface area contributed by atoms with Gasteiger partial charge in [-0.05, 0) is 31.5 Å². The highest BCUT2D eigenvalue weighted by Crippen LogP contribution is 2.30. The van der Waals surface area contributed by atoms with Crippen LogP contribution in [0.2, 0.25) is 5.02 Å². The van der Waals surface area contributed by atoms with Crippen LogP contribution in [0.4, 0.5) is 0 Å². The lowest BCUT2D eigenvalue weighted by Crippen LogP contribution is -2.12. The molecule has 1 aromatic heterocycles. The minimum Gasteiger partial charge on any atom is -0.382 e. The number of nitriles is 1. The summed E-state index contributed by atoms with van der Waals surface area (Å²) in [6.07, 6.45) is 0.675. The lowest BCUT2D eigenvalue weighted by Gasteiger charge is -2.16. The minimum absolute atomic E-state index is 0.107. The third kappa shape index (κ3) is 2.62. The first-order valence-electron chi connectivity index (χ1n) is 5.95. The average Bonchev–Trinajstić information content (AvgIpc) is 2.80. The summed E-state index contributed by atoms with van der Waals surface area (Å²) in [5, 5.41) is 23.8. The number of benzene rings is 1. The predicted molar refractivity (Wildman–Crippen MR) is 72.8 cm³/mol. The first kappa shape index (κ1) is 13.6. The van der Waals surface area contributed by atoms with E-state index in [1.807, 2.05) is 19.9 Å². The van der Waals surface area contributed by atoms with Crippen LogP contribution >= 0.6 is 11.6 Å². The number of hydrogen-bond donors (Lipinski definition) is 1. The van der Waals surface area contributed by atoms with Gasteiger partial charge in [-0.3, -0.25) is 4.68 Å². The van der Waals surface area contributed by atoms with E-state index in [9.17, 15) is 5.11 Å². The van der Waals surface area contributed by atoms with Gasteiger partial charge in [0.15, 0.2) is 0 Å².